The van der Waals surface area contributed by atoms with Gasteiger partial charge in [-0.3, -0.25) is 0 Å². The van der Waals surface area contributed by atoms with Crippen molar-refractivity contribution in [3.63, 3.8) is 0 Å². The molecule has 50 heavy (non-hydrogen) atoms. The maximum atomic E-state index is 10.5. The Hall–Kier alpha value is -7.13. The summed E-state index contributed by atoms with van der Waals surface area (Å²) in [5.41, 5.74) is 11.2. The Morgan fingerprint density at radius 1 is 0.560 bits per heavy atom. The molecular weight excluding hydrogens is 611 g/mol. The summed E-state index contributed by atoms with van der Waals surface area (Å²) in [5, 5.41) is 32.8. The van der Waals surface area contributed by atoms with Crippen LogP contribution in [-0.2, 0) is 0 Å². The van der Waals surface area contributed by atoms with Gasteiger partial charge in [0.25, 0.3) is 0 Å². The molecule has 0 saturated carbocycles. The first-order chi connectivity index (χ1) is 24.7. The Labute approximate surface area is 289 Å². The highest BCUT2D eigenvalue weighted by Gasteiger charge is 2.37. The molecule has 0 bridgehead atoms. The van der Waals surface area contributed by atoms with Crippen LogP contribution in [0, 0.1) is 34.0 Å². The predicted octanol–water partition coefficient (Wildman–Crippen LogP) is 10.5. The number of benzene rings is 6. The van der Waals surface area contributed by atoms with E-state index in [1.807, 2.05) is 66.7 Å². The SMILES string of the molecule is N#Cc1ccc2c(c1)C1C=CC=CC1N2c1ccc(-c2cccc(C#N)c2-c2cccc(C#N)c2-n2c3ccccc3c3ccccc32)cc1. The summed E-state index contributed by atoms with van der Waals surface area (Å²) in [6.07, 6.45) is 8.60. The number of aromatic nitrogens is 1. The molecule has 0 saturated heterocycles. The van der Waals surface area contributed by atoms with Crippen molar-refractivity contribution < 1.29 is 0 Å². The van der Waals surface area contributed by atoms with Gasteiger partial charge < -0.3 is 9.47 Å². The van der Waals surface area contributed by atoms with Crippen LogP contribution < -0.4 is 4.90 Å². The van der Waals surface area contributed by atoms with Crippen LogP contribution >= 0.6 is 0 Å². The minimum absolute atomic E-state index is 0.106. The molecule has 232 valence electrons. The molecule has 2 unspecified atom stereocenters. The third-order valence-corrected chi connectivity index (χ3v) is 10.1. The topological polar surface area (TPSA) is 79.5 Å². The van der Waals surface area contributed by atoms with Crippen molar-refractivity contribution in [3.05, 3.63) is 174 Å². The van der Waals surface area contributed by atoms with Gasteiger partial charge in [0.1, 0.15) is 6.07 Å². The van der Waals surface area contributed by atoms with Crippen molar-refractivity contribution >= 4 is 33.2 Å². The van der Waals surface area contributed by atoms with Crippen molar-refractivity contribution in [3.8, 4) is 46.1 Å². The van der Waals surface area contributed by atoms with Crippen molar-refractivity contribution in [2.75, 3.05) is 4.90 Å². The van der Waals surface area contributed by atoms with Crippen LogP contribution in [0.1, 0.15) is 28.2 Å². The standard InChI is InChI=1S/C45H27N5/c46-26-29-19-24-43-39(25-29)37-13-3-4-16-40(37)49(43)33-22-20-30(21-23-33)34-14-7-9-31(27-47)44(34)38-15-8-10-32(28-48)45(38)50-41-17-5-1-11-35(41)36-12-2-6-18-42(36)50/h1-25,37,40H. The van der Waals surface area contributed by atoms with E-state index in [2.05, 4.69) is 113 Å². The molecule has 2 atom stereocenters. The third-order valence-electron chi connectivity index (χ3n) is 10.1. The lowest BCUT2D eigenvalue weighted by Crippen LogP contribution is -2.28. The maximum Gasteiger partial charge on any atom is 0.101 e. The summed E-state index contributed by atoms with van der Waals surface area (Å²) in [5.74, 6) is 0.161. The zero-order valence-electron chi connectivity index (χ0n) is 26.8. The second kappa shape index (κ2) is 11.5. The van der Waals surface area contributed by atoms with Gasteiger partial charge in [0.05, 0.1) is 51.6 Å². The molecule has 0 spiro atoms. The fourth-order valence-corrected chi connectivity index (χ4v) is 7.93. The van der Waals surface area contributed by atoms with E-state index in [4.69, 9.17) is 0 Å². The first kappa shape index (κ1) is 29.0. The van der Waals surface area contributed by atoms with Gasteiger partial charge >= 0.3 is 0 Å². The average molecular weight is 638 g/mol. The second-order valence-corrected chi connectivity index (χ2v) is 12.6. The van der Waals surface area contributed by atoms with Gasteiger partial charge in [-0.15, -0.1) is 0 Å². The van der Waals surface area contributed by atoms with E-state index in [0.29, 0.717) is 16.7 Å². The van der Waals surface area contributed by atoms with Gasteiger partial charge in [-0.1, -0.05) is 97.1 Å². The Morgan fingerprint density at radius 2 is 1.22 bits per heavy atom. The van der Waals surface area contributed by atoms with Crippen LogP contribution in [0.4, 0.5) is 11.4 Å². The Morgan fingerprint density at radius 3 is 1.92 bits per heavy atom. The molecule has 0 fully saturated rings. The van der Waals surface area contributed by atoms with Gasteiger partial charge in [-0.25, -0.2) is 0 Å². The predicted molar refractivity (Wildman–Crippen MR) is 199 cm³/mol. The van der Waals surface area contributed by atoms with Crippen LogP contribution in [0.3, 0.4) is 0 Å². The number of nitriles is 3. The van der Waals surface area contributed by atoms with Crippen LogP contribution in [0.5, 0.6) is 0 Å². The molecule has 0 N–H and O–H groups in total. The zero-order chi connectivity index (χ0) is 33.8. The van der Waals surface area contributed by atoms with Crippen LogP contribution in [-0.4, -0.2) is 10.6 Å². The Bertz CT molecular complexity index is 2650. The molecule has 1 aromatic heterocycles. The molecule has 9 rings (SSSR count). The van der Waals surface area contributed by atoms with Gasteiger partial charge in [0, 0.05) is 39.2 Å². The normalized spacial score (nSPS) is 15.7. The smallest absolute Gasteiger partial charge is 0.101 e. The summed E-state index contributed by atoms with van der Waals surface area (Å²) < 4.78 is 2.17. The summed E-state index contributed by atoms with van der Waals surface area (Å²) >= 11 is 0. The highest BCUT2D eigenvalue weighted by Crippen LogP contribution is 2.49. The van der Waals surface area contributed by atoms with Crippen molar-refractivity contribution in [2.45, 2.75) is 12.0 Å². The number of allylic oxidation sites excluding steroid dienone is 2. The highest BCUT2D eigenvalue weighted by molar-refractivity contribution is 6.10. The largest absolute Gasteiger partial charge is 0.333 e. The number of hydrogen-bond donors (Lipinski definition) is 0. The summed E-state index contributed by atoms with van der Waals surface area (Å²) in [7, 11) is 0. The van der Waals surface area contributed by atoms with Crippen molar-refractivity contribution in [1.29, 1.82) is 15.8 Å². The lowest BCUT2D eigenvalue weighted by atomic mass is 9.88. The molecule has 0 radical (unpaired) electrons. The molecule has 6 aromatic carbocycles. The zero-order valence-corrected chi connectivity index (χ0v) is 26.8. The third kappa shape index (κ3) is 4.30. The van der Waals surface area contributed by atoms with E-state index in [-0.39, 0.29) is 12.0 Å². The van der Waals surface area contributed by atoms with Crippen molar-refractivity contribution in [2.24, 2.45) is 0 Å². The number of para-hydroxylation sites is 3. The molecule has 1 aliphatic carbocycles. The number of anilines is 2. The second-order valence-electron chi connectivity index (χ2n) is 12.6. The summed E-state index contributed by atoms with van der Waals surface area (Å²) in [6.45, 7) is 0. The number of nitrogens with zero attached hydrogens (tertiary/aromatic N) is 5. The van der Waals surface area contributed by atoms with Crippen LogP contribution in [0.2, 0.25) is 0 Å². The molecule has 2 heterocycles. The van der Waals surface area contributed by atoms with E-state index in [0.717, 1.165) is 66.7 Å². The van der Waals surface area contributed by atoms with Crippen LogP contribution in [0.15, 0.2) is 152 Å². The molecule has 2 aliphatic rings. The molecule has 7 aromatic rings. The molecule has 0 amide bonds. The monoisotopic (exact) mass is 637 g/mol. The van der Waals surface area contributed by atoms with E-state index in [9.17, 15) is 15.8 Å². The van der Waals surface area contributed by atoms with Gasteiger partial charge in [0.2, 0.25) is 0 Å². The lowest BCUT2D eigenvalue weighted by molar-refractivity contribution is 0.744. The molecule has 5 nitrogen and oxygen atoms in total. The fourth-order valence-electron chi connectivity index (χ4n) is 7.93. The maximum absolute atomic E-state index is 10.5. The first-order valence-electron chi connectivity index (χ1n) is 16.5. The van der Waals surface area contributed by atoms with Crippen molar-refractivity contribution in [1.82, 2.24) is 4.57 Å². The van der Waals surface area contributed by atoms with Gasteiger partial charge in [-0.05, 0) is 71.3 Å². The lowest BCUT2D eigenvalue weighted by Gasteiger charge is -2.29. The molecular formula is C45H27N5. The molecule has 5 heteroatoms. The Kier molecular flexibility index (Phi) is 6.70. The van der Waals surface area contributed by atoms with Crippen LogP contribution in [0.25, 0.3) is 49.7 Å². The highest BCUT2D eigenvalue weighted by atomic mass is 15.2. The van der Waals surface area contributed by atoms with E-state index < -0.39 is 0 Å². The van der Waals surface area contributed by atoms with E-state index in [1.165, 1.54) is 0 Å². The number of rotatable bonds is 4. The summed E-state index contributed by atoms with van der Waals surface area (Å²) in [4.78, 5) is 2.34. The van der Waals surface area contributed by atoms with Gasteiger partial charge in [0.15, 0.2) is 0 Å². The average Bonchev–Trinajstić information content (AvgIpc) is 3.69. The van der Waals surface area contributed by atoms with E-state index in [1.54, 1.807) is 0 Å². The first-order valence-corrected chi connectivity index (χ1v) is 16.5. The quantitative estimate of drug-likeness (QED) is 0.192. The fraction of sp³-hybridized carbons (Fsp3) is 0.0444. The number of hydrogen-bond acceptors (Lipinski definition) is 4. The molecule has 1 aliphatic heterocycles. The minimum Gasteiger partial charge on any atom is -0.333 e. The van der Waals surface area contributed by atoms with E-state index >= 15 is 0 Å². The Balaban J connectivity index is 1.22. The minimum atomic E-state index is 0.106. The summed E-state index contributed by atoms with van der Waals surface area (Å²) in [6, 6.07) is 49.9. The van der Waals surface area contributed by atoms with Gasteiger partial charge in [-0.2, -0.15) is 15.8 Å². The number of fused-ring (bicyclic) bond motifs is 6.